The molecular weight excluding hydrogens is 284 g/mol. The molecule has 1 aliphatic rings. The molecule has 5 nitrogen and oxygen atoms in total. The lowest BCUT2D eigenvalue weighted by atomic mass is 10.2. The molecule has 0 aliphatic heterocycles. The molecule has 0 bridgehead atoms. The fourth-order valence-corrected chi connectivity index (χ4v) is 3.85. The van der Waals surface area contributed by atoms with Crippen LogP contribution in [-0.4, -0.2) is 20.9 Å². The first-order valence-corrected chi connectivity index (χ1v) is 7.62. The molecule has 1 aliphatic carbocycles. The summed E-state index contributed by atoms with van der Waals surface area (Å²) in [4.78, 5) is 23.2. The van der Waals surface area contributed by atoms with Crippen molar-refractivity contribution in [2.75, 3.05) is 0 Å². The molecule has 0 aromatic carbocycles. The molecule has 4 rings (SSSR count). The Bertz CT molecular complexity index is 895. The van der Waals surface area contributed by atoms with E-state index in [1.807, 2.05) is 18.2 Å². The van der Waals surface area contributed by atoms with Gasteiger partial charge in [-0.1, -0.05) is 6.07 Å². The van der Waals surface area contributed by atoms with Crippen LogP contribution in [0.3, 0.4) is 0 Å². The summed E-state index contributed by atoms with van der Waals surface area (Å²) in [5.41, 5.74) is 1.79. The minimum absolute atomic E-state index is 0.0911. The average molecular weight is 296 g/mol. The molecule has 0 atom stereocenters. The second kappa shape index (κ2) is 4.89. The highest BCUT2D eigenvalue weighted by Crippen LogP contribution is 2.34. The van der Waals surface area contributed by atoms with Crippen LogP contribution in [0.15, 0.2) is 40.6 Å². The molecule has 0 spiro atoms. The van der Waals surface area contributed by atoms with E-state index in [2.05, 4.69) is 15.1 Å². The Hall–Kier alpha value is -2.34. The summed E-state index contributed by atoms with van der Waals surface area (Å²) in [6, 6.07) is 5.55. The van der Waals surface area contributed by atoms with Crippen LogP contribution in [0.25, 0.3) is 10.2 Å². The topological polar surface area (TPSA) is 60.1 Å². The number of pyridine rings is 1. The number of fused-ring (bicyclic) bond motifs is 3. The van der Waals surface area contributed by atoms with Crippen molar-refractivity contribution in [1.29, 1.82) is 0 Å². The number of rotatable bonds is 2. The summed E-state index contributed by atoms with van der Waals surface area (Å²) in [6.45, 7) is 0. The normalized spacial score (nSPS) is 14.1. The van der Waals surface area contributed by atoms with E-state index in [1.54, 1.807) is 23.7 Å². The van der Waals surface area contributed by atoms with E-state index < -0.39 is 0 Å². The van der Waals surface area contributed by atoms with Gasteiger partial charge in [-0.3, -0.25) is 9.78 Å². The number of aromatic nitrogens is 3. The highest BCUT2D eigenvalue weighted by atomic mass is 32.1. The third kappa shape index (κ3) is 2.08. The van der Waals surface area contributed by atoms with E-state index in [4.69, 9.17) is 0 Å². The largest absolute Gasteiger partial charge is 0.282 e. The smallest absolute Gasteiger partial charge is 0.267 e. The fourth-order valence-electron chi connectivity index (χ4n) is 2.63. The fraction of sp³-hybridized carbons (Fsp3) is 0.200. The minimum atomic E-state index is -0.0911. The van der Waals surface area contributed by atoms with Gasteiger partial charge in [-0.05, 0) is 37.0 Å². The van der Waals surface area contributed by atoms with Crippen molar-refractivity contribution in [1.82, 2.24) is 14.6 Å². The molecule has 3 aromatic heterocycles. The van der Waals surface area contributed by atoms with Gasteiger partial charge in [0.25, 0.3) is 5.56 Å². The Morgan fingerprint density at radius 2 is 2.24 bits per heavy atom. The molecule has 0 N–H and O–H groups in total. The summed E-state index contributed by atoms with van der Waals surface area (Å²) >= 11 is 1.64. The molecule has 0 amide bonds. The Balaban J connectivity index is 1.82. The number of thiophene rings is 1. The summed E-state index contributed by atoms with van der Waals surface area (Å²) in [6.07, 6.45) is 7.91. The van der Waals surface area contributed by atoms with E-state index >= 15 is 0 Å². The minimum Gasteiger partial charge on any atom is -0.267 e. The van der Waals surface area contributed by atoms with Gasteiger partial charge in [0.2, 0.25) is 0 Å². The standard InChI is InChI=1S/C15H12N4OS/c20-15-13-11-5-3-6-12(11)21-14(13)17-9-19(15)18-8-10-4-1-2-7-16-10/h1-2,4,7-9H,3,5-6H2/b18-8+. The van der Waals surface area contributed by atoms with Crippen LogP contribution in [0.2, 0.25) is 0 Å². The van der Waals surface area contributed by atoms with Crippen molar-refractivity contribution in [3.05, 3.63) is 57.2 Å². The zero-order valence-corrected chi connectivity index (χ0v) is 12.0. The molecular formula is C15H12N4OS. The molecule has 0 fully saturated rings. The molecule has 0 saturated heterocycles. The van der Waals surface area contributed by atoms with E-state index in [1.165, 1.54) is 21.4 Å². The number of nitrogens with zero attached hydrogens (tertiary/aromatic N) is 4. The summed E-state index contributed by atoms with van der Waals surface area (Å²) < 4.78 is 1.29. The maximum absolute atomic E-state index is 12.6. The SMILES string of the molecule is O=c1c2c3c(sc2ncn1/N=C/c1ccccn1)CCC3. The van der Waals surface area contributed by atoms with Gasteiger partial charge in [-0.15, -0.1) is 11.3 Å². The molecule has 0 saturated carbocycles. The third-order valence-electron chi connectivity index (χ3n) is 3.61. The van der Waals surface area contributed by atoms with Gasteiger partial charge in [0.05, 0.1) is 17.3 Å². The van der Waals surface area contributed by atoms with Crippen molar-refractivity contribution in [2.45, 2.75) is 19.3 Å². The van der Waals surface area contributed by atoms with Crippen LogP contribution in [0.1, 0.15) is 22.6 Å². The first kappa shape index (κ1) is 12.4. The van der Waals surface area contributed by atoms with Crippen LogP contribution in [0, 0.1) is 0 Å². The molecule has 6 heteroatoms. The van der Waals surface area contributed by atoms with Crippen molar-refractivity contribution < 1.29 is 0 Å². The van der Waals surface area contributed by atoms with Crippen molar-refractivity contribution >= 4 is 27.8 Å². The molecule has 21 heavy (non-hydrogen) atoms. The maximum atomic E-state index is 12.6. The van der Waals surface area contributed by atoms with Gasteiger partial charge >= 0.3 is 0 Å². The van der Waals surface area contributed by atoms with E-state index in [0.717, 1.165) is 29.5 Å². The monoisotopic (exact) mass is 296 g/mol. The number of hydrogen-bond donors (Lipinski definition) is 0. The molecule has 104 valence electrons. The average Bonchev–Trinajstić information content (AvgIpc) is 3.08. The van der Waals surface area contributed by atoms with Gasteiger partial charge in [-0.25, -0.2) is 4.98 Å². The Morgan fingerprint density at radius 3 is 3.10 bits per heavy atom. The Kier molecular flexibility index (Phi) is 2.89. The van der Waals surface area contributed by atoms with Crippen molar-refractivity contribution in [2.24, 2.45) is 5.10 Å². The van der Waals surface area contributed by atoms with Gasteiger partial charge in [0.15, 0.2) is 0 Å². The van der Waals surface area contributed by atoms with Gasteiger partial charge in [0.1, 0.15) is 11.2 Å². The second-order valence-electron chi connectivity index (χ2n) is 4.93. The molecule has 3 heterocycles. The number of hydrogen-bond acceptors (Lipinski definition) is 5. The Labute approximate surface area is 124 Å². The van der Waals surface area contributed by atoms with Crippen LogP contribution >= 0.6 is 11.3 Å². The quantitative estimate of drug-likeness (QED) is 0.681. The van der Waals surface area contributed by atoms with Crippen LogP contribution in [-0.2, 0) is 12.8 Å². The van der Waals surface area contributed by atoms with Gasteiger partial charge in [-0.2, -0.15) is 9.78 Å². The number of aryl methyl sites for hydroxylation is 2. The molecule has 0 unspecified atom stereocenters. The summed E-state index contributed by atoms with van der Waals surface area (Å²) in [5.74, 6) is 0. The summed E-state index contributed by atoms with van der Waals surface area (Å²) in [5, 5.41) is 4.93. The lowest BCUT2D eigenvalue weighted by Gasteiger charge is -1.98. The molecule has 3 aromatic rings. The van der Waals surface area contributed by atoms with Crippen molar-refractivity contribution in [3.8, 4) is 0 Å². The Morgan fingerprint density at radius 1 is 1.29 bits per heavy atom. The third-order valence-corrected chi connectivity index (χ3v) is 4.81. The van der Waals surface area contributed by atoms with Gasteiger partial charge < -0.3 is 0 Å². The van der Waals surface area contributed by atoms with E-state index in [0.29, 0.717) is 5.69 Å². The predicted octanol–water partition coefficient (Wildman–Crippen LogP) is 2.22. The maximum Gasteiger partial charge on any atom is 0.282 e. The first-order chi connectivity index (χ1) is 10.3. The summed E-state index contributed by atoms with van der Waals surface area (Å²) in [7, 11) is 0. The van der Waals surface area contributed by atoms with Crippen LogP contribution in [0.5, 0.6) is 0 Å². The molecule has 0 radical (unpaired) electrons. The van der Waals surface area contributed by atoms with E-state index in [-0.39, 0.29) is 5.56 Å². The highest BCUT2D eigenvalue weighted by Gasteiger charge is 2.21. The van der Waals surface area contributed by atoms with Crippen LogP contribution in [0.4, 0.5) is 0 Å². The lowest BCUT2D eigenvalue weighted by Crippen LogP contribution is -2.17. The van der Waals surface area contributed by atoms with Gasteiger partial charge in [0, 0.05) is 11.1 Å². The zero-order chi connectivity index (χ0) is 14.2. The second-order valence-corrected chi connectivity index (χ2v) is 6.01. The van der Waals surface area contributed by atoms with Crippen molar-refractivity contribution in [3.63, 3.8) is 0 Å². The lowest BCUT2D eigenvalue weighted by molar-refractivity contribution is 0.816. The van der Waals surface area contributed by atoms with Crippen LogP contribution < -0.4 is 5.56 Å². The van der Waals surface area contributed by atoms with E-state index in [9.17, 15) is 4.79 Å². The zero-order valence-electron chi connectivity index (χ0n) is 11.2. The highest BCUT2D eigenvalue weighted by molar-refractivity contribution is 7.18. The predicted molar refractivity (Wildman–Crippen MR) is 83.1 cm³/mol. The first-order valence-electron chi connectivity index (χ1n) is 6.80.